The first-order chi connectivity index (χ1) is 12.6. The third-order valence-corrected chi connectivity index (χ3v) is 3.95. The lowest BCUT2D eigenvalue weighted by atomic mass is 10.1. The van der Waals surface area contributed by atoms with Crippen LogP contribution in [0.1, 0.15) is 23.7 Å². The van der Waals surface area contributed by atoms with Crippen molar-refractivity contribution in [1.82, 2.24) is 15.0 Å². The van der Waals surface area contributed by atoms with Crippen molar-refractivity contribution in [2.24, 2.45) is 0 Å². The smallest absolute Gasteiger partial charge is 0.277 e. The van der Waals surface area contributed by atoms with Gasteiger partial charge in [0.2, 0.25) is 0 Å². The Morgan fingerprint density at radius 2 is 1.92 bits per heavy atom. The van der Waals surface area contributed by atoms with E-state index in [2.05, 4.69) is 10.3 Å². The van der Waals surface area contributed by atoms with Crippen molar-refractivity contribution in [3.63, 3.8) is 0 Å². The van der Waals surface area contributed by atoms with E-state index in [1.54, 1.807) is 55.5 Å². The minimum Gasteiger partial charge on any atom is -0.491 e. The van der Waals surface area contributed by atoms with Crippen molar-refractivity contribution < 1.29 is 14.6 Å². The van der Waals surface area contributed by atoms with Crippen molar-refractivity contribution in [3.05, 3.63) is 64.4 Å². The van der Waals surface area contributed by atoms with Gasteiger partial charge in [-0.05, 0) is 36.4 Å². The Kier molecular flexibility index (Phi) is 5.38. The molecule has 1 aromatic heterocycles. The van der Waals surface area contributed by atoms with Gasteiger partial charge in [0.15, 0.2) is 5.78 Å². The fraction of sp³-hybridized carbons (Fsp3) is 0.263. The fourth-order valence-corrected chi connectivity index (χ4v) is 2.53. The summed E-state index contributed by atoms with van der Waals surface area (Å²) in [5.74, 6) is 0.597. The second-order valence-electron chi connectivity index (χ2n) is 5.86. The van der Waals surface area contributed by atoms with E-state index >= 15 is 0 Å². The molecule has 0 amide bonds. The van der Waals surface area contributed by atoms with Crippen LogP contribution in [0.2, 0.25) is 0 Å². The molecule has 0 aliphatic rings. The van der Waals surface area contributed by atoms with Crippen LogP contribution in [0, 0.1) is 0 Å². The molecule has 0 radical (unpaired) electrons. The Labute approximate surface area is 149 Å². The summed E-state index contributed by atoms with van der Waals surface area (Å²) in [4.78, 5) is 23.9. The molecule has 0 aliphatic carbocycles. The van der Waals surface area contributed by atoms with Gasteiger partial charge in [-0.1, -0.05) is 24.3 Å². The van der Waals surface area contributed by atoms with Crippen LogP contribution in [0.4, 0.5) is 0 Å². The summed E-state index contributed by atoms with van der Waals surface area (Å²) >= 11 is 0. The second kappa shape index (κ2) is 7.88. The molecule has 1 heterocycles. The van der Waals surface area contributed by atoms with Crippen LogP contribution < -0.4 is 10.3 Å². The number of Topliss-reactive ketones (excluding diaryl/α,β-unsaturated/α-hetero) is 1. The molecule has 0 aliphatic heterocycles. The number of carbonyl (C=O) groups is 1. The summed E-state index contributed by atoms with van der Waals surface area (Å²) in [7, 11) is 0. The summed E-state index contributed by atoms with van der Waals surface area (Å²) < 4.78 is 6.64. The van der Waals surface area contributed by atoms with Gasteiger partial charge in [0, 0.05) is 12.0 Å². The minimum atomic E-state index is -0.930. The number of aromatic nitrogens is 3. The molecule has 1 atom stereocenters. The number of fused-ring (bicyclic) bond motifs is 1. The zero-order chi connectivity index (χ0) is 18.5. The van der Waals surface area contributed by atoms with Gasteiger partial charge in [0.05, 0.1) is 11.9 Å². The van der Waals surface area contributed by atoms with E-state index in [0.717, 1.165) is 4.68 Å². The lowest BCUT2D eigenvalue weighted by Crippen LogP contribution is -2.32. The first kappa shape index (κ1) is 17.8. The third kappa shape index (κ3) is 3.94. The van der Waals surface area contributed by atoms with Crippen LogP contribution in [0.25, 0.3) is 10.9 Å². The number of hydrogen-bond acceptors (Lipinski definition) is 6. The number of carbonyl (C=O) groups excluding carboxylic acids is 1. The number of rotatable bonds is 7. The Morgan fingerprint density at radius 1 is 1.19 bits per heavy atom. The summed E-state index contributed by atoms with van der Waals surface area (Å²) in [5, 5.41) is 18.4. The molecule has 0 bridgehead atoms. The maximum absolute atomic E-state index is 12.3. The Balaban J connectivity index is 1.62. The van der Waals surface area contributed by atoms with E-state index in [1.165, 1.54) is 0 Å². The predicted molar refractivity (Wildman–Crippen MR) is 96.4 cm³/mol. The first-order valence-corrected chi connectivity index (χ1v) is 8.35. The Morgan fingerprint density at radius 3 is 2.65 bits per heavy atom. The summed E-state index contributed by atoms with van der Waals surface area (Å²) in [6.07, 6.45) is -0.486. The zero-order valence-corrected chi connectivity index (χ0v) is 14.3. The van der Waals surface area contributed by atoms with Crippen LogP contribution in [-0.2, 0) is 6.54 Å². The number of nitrogens with zero attached hydrogens (tertiary/aromatic N) is 3. The molecule has 0 saturated heterocycles. The van der Waals surface area contributed by atoms with Gasteiger partial charge in [0.25, 0.3) is 5.56 Å². The van der Waals surface area contributed by atoms with Gasteiger partial charge in [0.1, 0.15) is 24.0 Å². The highest BCUT2D eigenvalue weighted by molar-refractivity contribution is 5.95. The zero-order valence-electron chi connectivity index (χ0n) is 14.3. The number of benzene rings is 2. The average molecular weight is 353 g/mol. The van der Waals surface area contributed by atoms with E-state index < -0.39 is 6.10 Å². The van der Waals surface area contributed by atoms with Crippen LogP contribution in [-0.4, -0.2) is 38.6 Å². The van der Waals surface area contributed by atoms with Crippen molar-refractivity contribution in [2.75, 3.05) is 6.61 Å². The molecule has 26 heavy (non-hydrogen) atoms. The molecule has 3 rings (SSSR count). The summed E-state index contributed by atoms with van der Waals surface area (Å²) in [6.45, 7) is 1.77. The number of aliphatic hydroxyl groups is 1. The van der Waals surface area contributed by atoms with E-state index in [-0.39, 0.29) is 24.5 Å². The SMILES string of the molecule is CCC(=O)c1ccc(OCC(O)Cn2nnc3ccccc3c2=O)cc1. The van der Waals surface area contributed by atoms with Crippen LogP contribution >= 0.6 is 0 Å². The number of ketones is 1. The highest BCUT2D eigenvalue weighted by atomic mass is 16.5. The maximum Gasteiger partial charge on any atom is 0.277 e. The van der Waals surface area contributed by atoms with Gasteiger partial charge in [-0.2, -0.15) is 0 Å². The van der Waals surface area contributed by atoms with Crippen molar-refractivity contribution in [3.8, 4) is 5.75 Å². The lowest BCUT2D eigenvalue weighted by molar-refractivity contribution is 0.0872. The molecule has 7 heteroatoms. The van der Waals surface area contributed by atoms with Crippen molar-refractivity contribution >= 4 is 16.7 Å². The van der Waals surface area contributed by atoms with Crippen LogP contribution in [0.5, 0.6) is 5.75 Å². The summed E-state index contributed by atoms with van der Waals surface area (Å²) in [5.41, 5.74) is 0.830. The fourth-order valence-electron chi connectivity index (χ4n) is 2.53. The molecule has 1 N–H and O–H groups in total. The number of hydrogen-bond donors (Lipinski definition) is 1. The molecular weight excluding hydrogens is 334 g/mol. The molecule has 2 aromatic carbocycles. The normalized spacial score (nSPS) is 12.1. The standard InChI is InChI=1S/C19H19N3O4/c1-2-18(24)13-7-9-15(10-8-13)26-12-14(23)11-22-19(25)16-5-3-4-6-17(16)20-21-22/h3-10,14,23H,2,11-12H2,1H3. The second-order valence-corrected chi connectivity index (χ2v) is 5.86. The van der Waals surface area contributed by atoms with E-state index in [4.69, 9.17) is 4.74 Å². The summed E-state index contributed by atoms with van der Waals surface area (Å²) in [6, 6.07) is 13.6. The quantitative estimate of drug-likeness (QED) is 0.651. The molecule has 0 spiro atoms. The lowest BCUT2D eigenvalue weighted by Gasteiger charge is -2.13. The van der Waals surface area contributed by atoms with E-state index in [1.807, 2.05) is 0 Å². The van der Waals surface area contributed by atoms with Gasteiger partial charge >= 0.3 is 0 Å². The molecule has 134 valence electrons. The number of ether oxygens (including phenoxy) is 1. The molecule has 0 saturated carbocycles. The van der Waals surface area contributed by atoms with Gasteiger partial charge in [-0.15, -0.1) is 5.10 Å². The average Bonchev–Trinajstić information content (AvgIpc) is 2.68. The maximum atomic E-state index is 12.3. The molecular formula is C19H19N3O4. The largest absolute Gasteiger partial charge is 0.491 e. The Hall–Kier alpha value is -3.06. The highest BCUT2D eigenvalue weighted by Crippen LogP contribution is 2.14. The molecule has 3 aromatic rings. The van der Waals surface area contributed by atoms with Crippen LogP contribution in [0.15, 0.2) is 53.3 Å². The van der Waals surface area contributed by atoms with Crippen LogP contribution in [0.3, 0.4) is 0 Å². The van der Waals surface area contributed by atoms with Gasteiger partial charge in [-0.3, -0.25) is 9.59 Å². The van der Waals surface area contributed by atoms with E-state index in [0.29, 0.717) is 28.6 Å². The van der Waals surface area contributed by atoms with Crippen molar-refractivity contribution in [1.29, 1.82) is 0 Å². The third-order valence-electron chi connectivity index (χ3n) is 3.95. The monoisotopic (exact) mass is 353 g/mol. The topological polar surface area (TPSA) is 94.3 Å². The minimum absolute atomic E-state index is 0.0119. The predicted octanol–water partition coefficient (Wildman–Crippen LogP) is 1.82. The van der Waals surface area contributed by atoms with E-state index in [9.17, 15) is 14.7 Å². The Bertz CT molecular complexity index is 966. The highest BCUT2D eigenvalue weighted by Gasteiger charge is 2.11. The van der Waals surface area contributed by atoms with Crippen molar-refractivity contribution in [2.45, 2.75) is 26.0 Å². The molecule has 7 nitrogen and oxygen atoms in total. The molecule has 1 unspecified atom stereocenters. The number of aliphatic hydroxyl groups excluding tert-OH is 1. The first-order valence-electron chi connectivity index (χ1n) is 8.35. The van der Waals surface area contributed by atoms with Gasteiger partial charge in [-0.25, -0.2) is 4.68 Å². The molecule has 0 fully saturated rings. The van der Waals surface area contributed by atoms with Gasteiger partial charge < -0.3 is 9.84 Å².